The Morgan fingerprint density at radius 1 is 1.21 bits per heavy atom. The van der Waals surface area contributed by atoms with Gasteiger partial charge in [0.25, 0.3) is 5.91 Å². The minimum absolute atomic E-state index is 0.0332. The lowest BCUT2D eigenvalue weighted by molar-refractivity contribution is 0.0937. The van der Waals surface area contributed by atoms with E-state index in [1.165, 1.54) is 0 Å². The number of nitrogens with one attached hydrogen (secondary N) is 1. The van der Waals surface area contributed by atoms with E-state index in [0.29, 0.717) is 23.8 Å². The molecule has 1 heterocycles. The molecule has 0 unspecified atom stereocenters. The number of ether oxygens (including phenoxy) is 1. The molecule has 0 atom stereocenters. The van der Waals surface area contributed by atoms with Crippen LogP contribution in [0.2, 0.25) is 0 Å². The fraction of sp³-hybridized carbons (Fsp3) is 0.450. The van der Waals surface area contributed by atoms with Crippen molar-refractivity contribution in [3.05, 3.63) is 42.0 Å². The molecule has 2 aromatic rings. The monoisotopic (exact) mass is 326 g/mol. The van der Waals surface area contributed by atoms with Crippen LogP contribution in [-0.4, -0.2) is 44.1 Å². The third kappa shape index (κ3) is 3.70. The fourth-order valence-corrected chi connectivity index (χ4v) is 3.35. The molecule has 0 saturated carbocycles. The van der Waals surface area contributed by atoms with Gasteiger partial charge in [-0.25, -0.2) is 0 Å². The van der Waals surface area contributed by atoms with Crippen LogP contribution in [0.25, 0.3) is 10.8 Å². The summed E-state index contributed by atoms with van der Waals surface area (Å²) in [7, 11) is 2.15. The van der Waals surface area contributed by atoms with Crippen molar-refractivity contribution in [1.82, 2.24) is 10.2 Å². The summed E-state index contributed by atoms with van der Waals surface area (Å²) in [6.07, 6.45) is 2.29. The lowest BCUT2D eigenvalue weighted by Crippen LogP contribution is -2.37. The van der Waals surface area contributed by atoms with Gasteiger partial charge in [0.2, 0.25) is 0 Å². The molecular weight excluding hydrogens is 300 g/mol. The van der Waals surface area contributed by atoms with Crippen LogP contribution in [-0.2, 0) is 0 Å². The second-order valence-corrected chi connectivity index (χ2v) is 6.55. The molecule has 128 valence electrons. The number of carbonyl (C=O) groups is 1. The highest BCUT2D eigenvalue weighted by atomic mass is 16.5. The third-order valence-corrected chi connectivity index (χ3v) is 4.81. The number of carbonyl (C=O) groups excluding carboxylic acids is 1. The smallest absolute Gasteiger partial charge is 0.255 e. The van der Waals surface area contributed by atoms with Crippen LogP contribution >= 0.6 is 0 Å². The molecule has 1 saturated heterocycles. The van der Waals surface area contributed by atoms with E-state index < -0.39 is 0 Å². The predicted molar refractivity (Wildman–Crippen MR) is 97.7 cm³/mol. The molecule has 4 nitrogen and oxygen atoms in total. The Balaban J connectivity index is 1.79. The number of hydrogen-bond acceptors (Lipinski definition) is 3. The minimum atomic E-state index is -0.0332. The van der Waals surface area contributed by atoms with Gasteiger partial charge in [-0.15, -0.1) is 0 Å². The van der Waals surface area contributed by atoms with Crippen molar-refractivity contribution in [1.29, 1.82) is 0 Å². The number of rotatable bonds is 5. The van der Waals surface area contributed by atoms with Gasteiger partial charge >= 0.3 is 0 Å². The molecule has 0 aromatic heterocycles. The van der Waals surface area contributed by atoms with E-state index in [9.17, 15) is 4.79 Å². The molecule has 4 heteroatoms. The van der Waals surface area contributed by atoms with Gasteiger partial charge in [-0.2, -0.15) is 0 Å². The third-order valence-electron chi connectivity index (χ3n) is 4.81. The van der Waals surface area contributed by atoms with Crippen molar-refractivity contribution in [2.45, 2.75) is 19.8 Å². The lowest BCUT2D eigenvalue weighted by Gasteiger charge is -2.29. The molecule has 0 bridgehead atoms. The molecule has 2 aromatic carbocycles. The maximum atomic E-state index is 12.9. The summed E-state index contributed by atoms with van der Waals surface area (Å²) in [6, 6.07) is 11.9. The van der Waals surface area contributed by atoms with Gasteiger partial charge in [-0.3, -0.25) is 4.79 Å². The van der Waals surface area contributed by atoms with Gasteiger partial charge < -0.3 is 15.0 Å². The molecule has 3 rings (SSSR count). The van der Waals surface area contributed by atoms with Crippen LogP contribution in [0.1, 0.15) is 30.1 Å². The van der Waals surface area contributed by atoms with Gasteiger partial charge in [-0.05, 0) is 62.7 Å². The van der Waals surface area contributed by atoms with Crippen LogP contribution < -0.4 is 10.1 Å². The molecule has 0 radical (unpaired) electrons. The van der Waals surface area contributed by atoms with Gasteiger partial charge in [0, 0.05) is 6.54 Å². The maximum Gasteiger partial charge on any atom is 0.255 e. The van der Waals surface area contributed by atoms with E-state index in [-0.39, 0.29) is 5.91 Å². The van der Waals surface area contributed by atoms with E-state index in [1.807, 2.05) is 43.3 Å². The molecule has 0 spiro atoms. The van der Waals surface area contributed by atoms with Crippen LogP contribution in [0.15, 0.2) is 36.4 Å². The summed E-state index contributed by atoms with van der Waals surface area (Å²) in [6.45, 7) is 5.45. The summed E-state index contributed by atoms with van der Waals surface area (Å²) < 4.78 is 5.70. The second-order valence-electron chi connectivity index (χ2n) is 6.55. The summed E-state index contributed by atoms with van der Waals surface area (Å²) in [5.74, 6) is 1.20. The van der Waals surface area contributed by atoms with Crippen molar-refractivity contribution < 1.29 is 9.53 Å². The Labute approximate surface area is 143 Å². The summed E-state index contributed by atoms with van der Waals surface area (Å²) in [5, 5.41) is 5.15. The first kappa shape index (κ1) is 16.8. The molecule has 24 heavy (non-hydrogen) atoms. The molecule has 1 fully saturated rings. The van der Waals surface area contributed by atoms with Crippen LogP contribution in [0, 0.1) is 5.92 Å². The van der Waals surface area contributed by atoms with E-state index in [0.717, 1.165) is 43.2 Å². The van der Waals surface area contributed by atoms with Crippen molar-refractivity contribution in [2.75, 3.05) is 33.3 Å². The highest BCUT2D eigenvalue weighted by Crippen LogP contribution is 2.28. The van der Waals surface area contributed by atoms with Crippen LogP contribution in [0.3, 0.4) is 0 Å². The zero-order valence-electron chi connectivity index (χ0n) is 14.5. The number of piperidine rings is 1. The van der Waals surface area contributed by atoms with E-state index in [2.05, 4.69) is 17.3 Å². The average Bonchev–Trinajstić information content (AvgIpc) is 2.61. The first-order valence-electron chi connectivity index (χ1n) is 8.80. The Bertz CT molecular complexity index is 706. The Hall–Kier alpha value is -2.07. The molecular formula is C20H26N2O2. The Kier molecular flexibility index (Phi) is 5.36. The summed E-state index contributed by atoms with van der Waals surface area (Å²) in [5.41, 5.74) is 0.655. The normalized spacial score (nSPS) is 16.2. The Morgan fingerprint density at radius 2 is 1.96 bits per heavy atom. The molecule has 1 N–H and O–H groups in total. The number of nitrogens with zero attached hydrogens (tertiary/aromatic N) is 1. The molecule has 1 aliphatic rings. The van der Waals surface area contributed by atoms with Crippen molar-refractivity contribution in [3.8, 4) is 5.75 Å². The van der Waals surface area contributed by atoms with Crippen molar-refractivity contribution >= 4 is 16.7 Å². The maximum absolute atomic E-state index is 12.9. The fourth-order valence-electron chi connectivity index (χ4n) is 3.35. The first-order valence-corrected chi connectivity index (χ1v) is 8.80. The predicted octanol–water partition coefficient (Wildman–Crippen LogP) is 3.31. The zero-order chi connectivity index (χ0) is 16.9. The van der Waals surface area contributed by atoms with E-state index in [1.54, 1.807) is 0 Å². The lowest BCUT2D eigenvalue weighted by atomic mass is 9.96. The topological polar surface area (TPSA) is 41.6 Å². The largest absolute Gasteiger partial charge is 0.493 e. The molecule has 0 aliphatic carbocycles. The average molecular weight is 326 g/mol. The molecule has 1 amide bonds. The quantitative estimate of drug-likeness (QED) is 0.916. The minimum Gasteiger partial charge on any atom is -0.493 e. The number of amides is 1. The summed E-state index contributed by atoms with van der Waals surface area (Å²) >= 11 is 0. The van der Waals surface area contributed by atoms with Gasteiger partial charge in [0.15, 0.2) is 0 Å². The van der Waals surface area contributed by atoms with Crippen molar-refractivity contribution in [3.63, 3.8) is 0 Å². The number of fused-ring (bicyclic) bond motifs is 1. The second kappa shape index (κ2) is 7.67. The zero-order valence-corrected chi connectivity index (χ0v) is 14.5. The van der Waals surface area contributed by atoms with E-state index in [4.69, 9.17) is 4.74 Å². The SMILES string of the molecule is CCOc1ccc2ccccc2c1C(=O)NCC1CCN(C)CC1. The number of hydrogen-bond donors (Lipinski definition) is 1. The Morgan fingerprint density at radius 3 is 2.71 bits per heavy atom. The highest BCUT2D eigenvalue weighted by Gasteiger charge is 2.20. The van der Waals surface area contributed by atoms with Gasteiger partial charge in [0.1, 0.15) is 5.75 Å². The van der Waals surface area contributed by atoms with Crippen LogP contribution in [0.4, 0.5) is 0 Å². The van der Waals surface area contributed by atoms with Gasteiger partial charge in [-0.1, -0.05) is 30.3 Å². The number of benzene rings is 2. The molecule has 1 aliphatic heterocycles. The van der Waals surface area contributed by atoms with Gasteiger partial charge in [0.05, 0.1) is 12.2 Å². The van der Waals surface area contributed by atoms with E-state index >= 15 is 0 Å². The number of likely N-dealkylation sites (tertiary alicyclic amines) is 1. The van der Waals surface area contributed by atoms with Crippen molar-refractivity contribution in [2.24, 2.45) is 5.92 Å². The first-order chi connectivity index (χ1) is 11.7. The standard InChI is InChI=1S/C20H26N2O2/c1-3-24-18-9-8-16-6-4-5-7-17(16)19(18)20(23)21-14-15-10-12-22(2)13-11-15/h4-9,15H,3,10-14H2,1-2H3,(H,21,23). The van der Waals surface area contributed by atoms with Crippen LogP contribution in [0.5, 0.6) is 5.75 Å². The summed E-state index contributed by atoms with van der Waals surface area (Å²) in [4.78, 5) is 15.2. The highest BCUT2D eigenvalue weighted by molar-refractivity contribution is 6.09.